The van der Waals surface area contributed by atoms with Crippen molar-refractivity contribution in [2.24, 2.45) is 0 Å². The van der Waals surface area contributed by atoms with Crippen LogP contribution in [-0.2, 0) is 25.7 Å². The number of alkyl halides is 3. The average Bonchev–Trinajstić information content (AvgIpc) is 2.77. The van der Waals surface area contributed by atoms with Gasteiger partial charge in [0.1, 0.15) is 6.04 Å². The van der Waals surface area contributed by atoms with Crippen LogP contribution >= 0.6 is 11.8 Å². The largest absolute Gasteiger partial charge is 0.416 e. The molecule has 2 atom stereocenters. The first-order valence-electron chi connectivity index (χ1n) is 10.3. The second-order valence-corrected chi connectivity index (χ2v) is 10.4. The molecule has 1 aliphatic heterocycles. The van der Waals surface area contributed by atoms with Crippen LogP contribution in [0.4, 0.5) is 13.2 Å². The van der Waals surface area contributed by atoms with Crippen LogP contribution in [0.3, 0.4) is 0 Å². The summed E-state index contributed by atoms with van der Waals surface area (Å²) < 4.78 is 70.6. The fourth-order valence-corrected chi connectivity index (χ4v) is 4.64. The number of benzene rings is 1. The Kier molecular flexibility index (Phi) is 10.3. The van der Waals surface area contributed by atoms with Crippen molar-refractivity contribution in [3.63, 3.8) is 0 Å². The van der Waals surface area contributed by atoms with Crippen molar-refractivity contribution < 1.29 is 31.1 Å². The van der Waals surface area contributed by atoms with Crippen molar-refractivity contribution in [3.8, 4) is 0 Å². The third-order valence-electron chi connectivity index (χ3n) is 5.21. The molecule has 12 heteroatoms. The van der Waals surface area contributed by atoms with E-state index in [2.05, 4.69) is 10.0 Å². The molecule has 0 spiro atoms. The number of sulfonamides is 1. The zero-order valence-corrected chi connectivity index (χ0v) is 19.8. The van der Waals surface area contributed by atoms with Crippen molar-refractivity contribution >= 4 is 27.7 Å². The number of hydrogen-bond acceptors (Lipinski definition) is 6. The minimum atomic E-state index is -4.43. The highest BCUT2D eigenvalue weighted by Crippen LogP contribution is 2.31. The molecule has 0 bridgehead atoms. The predicted molar refractivity (Wildman–Crippen MR) is 119 cm³/mol. The van der Waals surface area contributed by atoms with Crippen molar-refractivity contribution in [2.75, 3.05) is 50.6 Å². The number of nitrogens with zero attached hydrogens (tertiary/aromatic N) is 1. The lowest BCUT2D eigenvalue weighted by molar-refractivity contribution is -0.137. The Labute approximate surface area is 191 Å². The van der Waals surface area contributed by atoms with Gasteiger partial charge < -0.3 is 10.1 Å². The van der Waals surface area contributed by atoms with Crippen LogP contribution in [0.1, 0.15) is 30.5 Å². The van der Waals surface area contributed by atoms with Crippen molar-refractivity contribution in [1.29, 1.82) is 0 Å². The summed E-state index contributed by atoms with van der Waals surface area (Å²) in [7, 11) is -3.58. The maximum atomic E-state index is 12.9. The van der Waals surface area contributed by atoms with Crippen LogP contribution in [-0.4, -0.2) is 75.9 Å². The van der Waals surface area contributed by atoms with Gasteiger partial charge in [0.05, 0.1) is 30.6 Å². The molecule has 2 unspecified atom stereocenters. The van der Waals surface area contributed by atoms with E-state index in [1.54, 1.807) is 0 Å². The first-order chi connectivity index (χ1) is 15.1. The summed E-state index contributed by atoms with van der Waals surface area (Å²) in [4.78, 5) is 14.8. The van der Waals surface area contributed by atoms with Crippen LogP contribution in [0.5, 0.6) is 0 Å². The van der Waals surface area contributed by atoms with Gasteiger partial charge in [-0.25, -0.2) is 13.1 Å². The molecule has 7 nitrogen and oxygen atoms in total. The molecule has 1 aromatic rings. The van der Waals surface area contributed by atoms with E-state index in [0.717, 1.165) is 12.1 Å². The smallest absolute Gasteiger partial charge is 0.379 e. The van der Waals surface area contributed by atoms with Gasteiger partial charge in [-0.15, -0.1) is 0 Å². The third kappa shape index (κ3) is 8.22. The molecule has 2 N–H and O–H groups in total. The normalized spacial score (nSPS) is 17.7. The zero-order valence-electron chi connectivity index (χ0n) is 18.2. The van der Waals surface area contributed by atoms with Gasteiger partial charge in [-0.1, -0.05) is 12.1 Å². The SMILES string of the molecule is CCS(=O)(=O)NC(CCSC)C(=O)NCC(c1ccc(C(F)(F)F)cc1)N1CCOCC1. The molecule has 0 radical (unpaired) electrons. The molecule has 0 aliphatic carbocycles. The molecule has 1 aromatic carbocycles. The average molecular weight is 498 g/mol. The lowest BCUT2D eigenvalue weighted by atomic mass is 10.0. The Bertz CT molecular complexity index is 829. The van der Waals surface area contributed by atoms with Gasteiger partial charge in [-0.3, -0.25) is 9.69 Å². The summed E-state index contributed by atoms with van der Waals surface area (Å²) in [6.45, 7) is 3.73. The Morgan fingerprint density at radius 1 is 1.22 bits per heavy atom. The second-order valence-electron chi connectivity index (χ2n) is 7.38. The summed E-state index contributed by atoms with van der Waals surface area (Å²) in [5.41, 5.74) is -0.105. The van der Waals surface area contributed by atoms with E-state index in [1.165, 1.54) is 30.8 Å². The lowest BCUT2D eigenvalue weighted by Crippen LogP contribution is -2.50. The van der Waals surface area contributed by atoms with Gasteiger partial charge in [0.25, 0.3) is 0 Å². The van der Waals surface area contributed by atoms with E-state index in [-0.39, 0.29) is 18.3 Å². The molecule has 0 aromatic heterocycles. The van der Waals surface area contributed by atoms with Crippen LogP contribution in [0.2, 0.25) is 0 Å². The van der Waals surface area contributed by atoms with Gasteiger partial charge in [0.2, 0.25) is 15.9 Å². The van der Waals surface area contributed by atoms with Gasteiger partial charge in [0, 0.05) is 19.6 Å². The summed E-state index contributed by atoms with van der Waals surface area (Å²) in [6, 6.07) is 3.61. The standard InChI is InChI=1S/C20H30F3N3O4S2/c1-3-32(28,29)25-17(8-13-31-2)19(27)24-14-18(26-9-11-30-12-10-26)15-4-6-16(7-5-15)20(21,22)23/h4-7,17-18,25H,3,8-14H2,1-2H3,(H,24,27). The lowest BCUT2D eigenvalue weighted by Gasteiger charge is -2.35. The maximum Gasteiger partial charge on any atom is 0.416 e. The van der Waals surface area contributed by atoms with Gasteiger partial charge in [-0.2, -0.15) is 24.9 Å². The molecule has 32 heavy (non-hydrogen) atoms. The number of carbonyl (C=O) groups is 1. The maximum absolute atomic E-state index is 12.9. The molecule has 1 fully saturated rings. The topological polar surface area (TPSA) is 87.7 Å². The summed E-state index contributed by atoms with van der Waals surface area (Å²) >= 11 is 1.50. The molecule has 1 aliphatic rings. The summed E-state index contributed by atoms with van der Waals surface area (Å²) in [5.74, 6) is -0.00468. The molecule has 182 valence electrons. The molecule has 1 heterocycles. The molecule has 1 saturated heterocycles. The number of amides is 1. The molecule has 0 saturated carbocycles. The van der Waals surface area contributed by atoms with Gasteiger partial charge >= 0.3 is 6.18 Å². The van der Waals surface area contributed by atoms with Gasteiger partial charge in [0.15, 0.2) is 0 Å². The first-order valence-corrected chi connectivity index (χ1v) is 13.4. The quantitative estimate of drug-likeness (QED) is 0.488. The number of carbonyl (C=O) groups excluding carboxylic acids is 1. The number of morpholine rings is 1. The monoisotopic (exact) mass is 497 g/mol. The Balaban J connectivity index is 2.16. The Hall–Kier alpha value is -1.34. The van der Waals surface area contributed by atoms with Gasteiger partial charge in [-0.05, 0) is 43.0 Å². The number of thioether (sulfide) groups is 1. The zero-order chi connectivity index (χ0) is 23.8. The van der Waals surface area contributed by atoms with E-state index in [4.69, 9.17) is 4.74 Å². The van der Waals surface area contributed by atoms with E-state index in [0.29, 0.717) is 44.0 Å². The highest BCUT2D eigenvalue weighted by atomic mass is 32.2. The first kappa shape index (κ1) is 26.9. The number of nitrogens with one attached hydrogen (secondary N) is 2. The Morgan fingerprint density at radius 3 is 2.38 bits per heavy atom. The second kappa shape index (κ2) is 12.2. The number of rotatable bonds is 11. The number of hydrogen-bond donors (Lipinski definition) is 2. The number of ether oxygens (including phenoxy) is 1. The minimum absolute atomic E-state index is 0.133. The van der Waals surface area contributed by atoms with Crippen LogP contribution in [0.15, 0.2) is 24.3 Å². The third-order valence-corrected chi connectivity index (χ3v) is 7.26. The molecular formula is C20H30F3N3O4S2. The van der Waals surface area contributed by atoms with Crippen LogP contribution in [0, 0.1) is 0 Å². The fourth-order valence-electron chi connectivity index (χ4n) is 3.34. The fraction of sp³-hybridized carbons (Fsp3) is 0.650. The highest BCUT2D eigenvalue weighted by molar-refractivity contribution is 7.98. The summed E-state index contributed by atoms with van der Waals surface area (Å²) in [6.07, 6.45) is -2.24. The van der Waals surface area contributed by atoms with E-state index in [9.17, 15) is 26.4 Å². The van der Waals surface area contributed by atoms with Crippen molar-refractivity contribution in [1.82, 2.24) is 14.9 Å². The van der Waals surface area contributed by atoms with E-state index < -0.39 is 33.7 Å². The molecule has 2 rings (SSSR count). The minimum Gasteiger partial charge on any atom is -0.379 e. The predicted octanol–water partition coefficient (Wildman–Crippen LogP) is 2.26. The van der Waals surface area contributed by atoms with Crippen LogP contribution in [0.25, 0.3) is 0 Å². The van der Waals surface area contributed by atoms with Crippen molar-refractivity contribution in [2.45, 2.75) is 31.6 Å². The number of halogens is 3. The molecular weight excluding hydrogens is 467 g/mol. The van der Waals surface area contributed by atoms with E-state index in [1.807, 2.05) is 11.2 Å². The highest BCUT2D eigenvalue weighted by Gasteiger charge is 2.31. The van der Waals surface area contributed by atoms with E-state index >= 15 is 0 Å². The molecule has 1 amide bonds. The Morgan fingerprint density at radius 2 is 1.84 bits per heavy atom. The van der Waals surface area contributed by atoms with Crippen molar-refractivity contribution in [3.05, 3.63) is 35.4 Å². The van der Waals surface area contributed by atoms with Crippen LogP contribution < -0.4 is 10.0 Å². The summed E-state index contributed by atoms with van der Waals surface area (Å²) in [5, 5.41) is 2.80.